The SMILES string of the molecule is O=C(CC1(O)C(=O)N(Cc2ccccc2)c2ccccc21)c1ccc2ccccc2c1. The molecule has 31 heavy (non-hydrogen) atoms. The number of carbonyl (C=O) groups is 2. The maximum absolute atomic E-state index is 13.4. The second kappa shape index (κ2) is 7.49. The Morgan fingerprint density at radius 2 is 1.48 bits per heavy atom. The standard InChI is InChI=1S/C27H21NO3/c29-25(22-15-14-20-10-4-5-11-21(20)16-22)17-27(31)23-12-6-7-13-24(23)28(26(27)30)18-19-8-2-1-3-9-19/h1-16,31H,17-18H2. The van der Waals surface area contributed by atoms with E-state index in [0.29, 0.717) is 23.4 Å². The van der Waals surface area contributed by atoms with Gasteiger partial charge in [0.1, 0.15) is 0 Å². The van der Waals surface area contributed by atoms with E-state index >= 15 is 0 Å². The first-order chi connectivity index (χ1) is 15.1. The van der Waals surface area contributed by atoms with Crippen molar-refractivity contribution in [2.24, 2.45) is 0 Å². The van der Waals surface area contributed by atoms with Gasteiger partial charge in [0, 0.05) is 11.1 Å². The number of ketones is 1. The Labute approximate surface area is 180 Å². The van der Waals surface area contributed by atoms with Crippen LogP contribution in [0.25, 0.3) is 10.8 Å². The van der Waals surface area contributed by atoms with Gasteiger partial charge in [-0.2, -0.15) is 0 Å². The van der Waals surface area contributed by atoms with Crippen LogP contribution in [0.15, 0.2) is 97.1 Å². The second-order valence-corrected chi connectivity index (χ2v) is 7.92. The molecule has 1 heterocycles. The molecule has 1 N–H and O–H groups in total. The van der Waals surface area contributed by atoms with E-state index in [1.807, 2.05) is 78.9 Å². The monoisotopic (exact) mass is 407 g/mol. The molecule has 0 aliphatic carbocycles. The molecule has 1 amide bonds. The van der Waals surface area contributed by atoms with Crippen molar-refractivity contribution in [3.05, 3.63) is 114 Å². The number of nitrogens with zero attached hydrogens (tertiary/aromatic N) is 1. The van der Waals surface area contributed by atoms with Crippen LogP contribution in [-0.2, 0) is 16.9 Å². The molecule has 1 aliphatic rings. The van der Waals surface area contributed by atoms with Crippen molar-refractivity contribution in [1.82, 2.24) is 0 Å². The summed E-state index contributed by atoms with van der Waals surface area (Å²) in [6, 6.07) is 30.0. The molecule has 5 rings (SSSR count). The van der Waals surface area contributed by atoms with Crippen molar-refractivity contribution < 1.29 is 14.7 Å². The van der Waals surface area contributed by atoms with Crippen molar-refractivity contribution in [2.75, 3.05) is 4.90 Å². The molecule has 1 unspecified atom stereocenters. The van der Waals surface area contributed by atoms with Gasteiger partial charge in [0.2, 0.25) is 0 Å². The van der Waals surface area contributed by atoms with E-state index in [0.717, 1.165) is 16.3 Å². The number of carbonyl (C=O) groups excluding carboxylic acids is 2. The Morgan fingerprint density at radius 3 is 2.29 bits per heavy atom. The third kappa shape index (κ3) is 3.31. The first-order valence-electron chi connectivity index (χ1n) is 10.3. The van der Waals surface area contributed by atoms with Crippen LogP contribution in [0.4, 0.5) is 5.69 Å². The van der Waals surface area contributed by atoms with Gasteiger partial charge >= 0.3 is 0 Å². The van der Waals surface area contributed by atoms with Gasteiger partial charge in [-0.05, 0) is 28.5 Å². The maximum Gasteiger partial charge on any atom is 0.264 e. The molecule has 0 saturated heterocycles. The minimum Gasteiger partial charge on any atom is -0.375 e. The summed E-state index contributed by atoms with van der Waals surface area (Å²) >= 11 is 0. The van der Waals surface area contributed by atoms with E-state index in [4.69, 9.17) is 0 Å². The molecule has 4 aromatic rings. The zero-order valence-electron chi connectivity index (χ0n) is 16.9. The van der Waals surface area contributed by atoms with Gasteiger partial charge in [0.25, 0.3) is 5.91 Å². The first kappa shape index (κ1) is 19.2. The highest BCUT2D eigenvalue weighted by Crippen LogP contribution is 2.43. The normalized spacial score (nSPS) is 17.7. The molecule has 1 aliphatic heterocycles. The average Bonchev–Trinajstić information content (AvgIpc) is 3.01. The van der Waals surface area contributed by atoms with Crippen LogP contribution in [0.3, 0.4) is 0 Å². The lowest BCUT2D eigenvalue weighted by atomic mass is 9.88. The minimum atomic E-state index is -1.88. The highest BCUT2D eigenvalue weighted by molar-refractivity contribution is 6.11. The summed E-state index contributed by atoms with van der Waals surface area (Å²) < 4.78 is 0. The molecule has 0 spiro atoms. The number of fused-ring (bicyclic) bond motifs is 2. The Bertz CT molecular complexity index is 1300. The third-order valence-corrected chi connectivity index (χ3v) is 5.91. The number of benzene rings is 4. The van der Waals surface area contributed by atoms with Crippen LogP contribution < -0.4 is 4.90 Å². The number of Topliss-reactive ketones (excluding diaryl/α,β-unsaturated/α-hetero) is 1. The van der Waals surface area contributed by atoms with Crippen LogP contribution in [0.2, 0.25) is 0 Å². The van der Waals surface area contributed by atoms with E-state index in [1.165, 1.54) is 0 Å². The lowest BCUT2D eigenvalue weighted by molar-refractivity contribution is -0.136. The molecule has 0 bridgehead atoms. The van der Waals surface area contributed by atoms with Crippen molar-refractivity contribution >= 4 is 28.2 Å². The number of para-hydroxylation sites is 1. The quantitative estimate of drug-likeness (QED) is 0.481. The number of anilines is 1. The van der Waals surface area contributed by atoms with Crippen LogP contribution in [0.1, 0.15) is 27.9 Å². The van der Waals surface area contributed by atoms with E-state index in [1.54, 1.807) is 23.1 Å². The van der Waals surface area contributed by atoms with Crippen molar-refractivity contribution in [1.29, 1.82) is 0 Å². The number of rotatable bonds is 5. The molecule has 4 aromatic carbocycles. The number of amides is 1. The maximum atomic E-state index is 13.4. The largest absolute Gasteiger partial charge is 0.375 e. The van der Waals surface area contributed by atoms with Crippen LogP contribution in [-0.4, -0.2) is 16.8 Å². The van der Waals surface area contributed by atoms with Crippen LogP contribution >= 0.6 is 0 Å². The van der Waals surface area contributed by atoms with Gasteiger partial charge < -0.3 is 10.0 Å². The molecule has 0 saturated carbocycles. The third-order valence-electron chi connectivity index (χ3n) is 5.91. The topological polar surface area (TPSA) is 57.6 Å². The molecule has 152 valence electrons. The van der Waals surface area contributed by atoms with E-state index in [2.05, 4.69) is 0 Å². The van der Waals surface area contributed by atoms with Crippen molar-refractivity contribution in [3.8, 4) is 0 Å². The summed E-state index contributed by atoms with van der Waals surface area (Å²) in [7, 11) is 0. The summed E-state index contributed by atoms with van der Waals surface area (Å²) in [6.45, 7) is 0.336. The first-order valence-corrected chi connectivity index (χ1v) is 10.3. The summed E-state index contributed by atoms with van der Waals surface area (Å²) in [6.07, 6.45) is -0.299. The fourth-order valence-corrected chi connectivity index (χ4v) is 4.30. The smallest absolute Gasteiger partial charge is 0.264 e. The minimum absolute atomic E-state index is 0.266. The van der Waals surface area contributed by atoms with Gasteiger partial charge in [0.15, 0.2) is 11.4 Å². The predicted octanol–water partition coefficient (Wildman–Crippen LogP) is 4.85. The Morgan fingerprint density at radius 1 is 0.806 bits per heavy atom. The summed E-state index contributed by atoms with van der Waals surface area (Å²) in [5.74, 6) is -0.732. The lowest BCUT2D eigenvalue weighted by Crippen LogP contribution is -2.41. The van der Waals surface area contributed by atoms with Crippen LogP contribution in [0, 0.1) is 0 Å². The summed E-state index contributed by atoms with van der Waals surface area (Å²) in [4.78, 5) is 28.1. The molecule has 0 aromatic heterocycles. The molecule has 0 fully saturated rings. The average molecular weight is 407 g/mol. The predicted molar refractivity (Wildman–Crippen MR) is 121 cm³/mol. The van der Waals surface area contributed by atoms with Crippen molar-refractivity contribution in [2.45, 2.75) is 18.6 Å². The fourth-order valence-electron chi connectivity index (χ4n) is 4.30. The fraction of sp³-hybridized carbons (Fsp3) is 0.111. The Balaban J connectivity index is 1.48. The van der Waals surface area contributed by atoms with Gasteiger partial charge in [-0.3, -0.25) is 9.59 Å². The second-order valence-electron chi connectivity index (χ2n) is 7.92. The molecular weight excluding hydrogens is 386 g/mol. The van der Waals surface area contributed by atoms with Gasteiger partial charge in [0.05, 0.1) is 18.7 Å². The Hall–Kier alpha value is -3.76. The Kier molecular flexibility index (Phi) is 4.64. The molecule has 4 nitrogen and oxygen atoms in total. The molecule has 0 radical (unpaired) electrons. The highest BCUT2D eigenvalue weighted by atomic mass is 16.3. The number of hydrogen-bond donors (Lipinski definition) is 1. The zero-order valence-corrected chi connectivity index (χ0v) is 16.9. The molecule has 1 atom stereocenters. The number of aliphatic hydroxyl groups is 1. The lowest BCUT2D eigenvalue weighted by Gasteiger charge is -2.23. The van der Waals surface area contributed by atoms with E-state index in [9.17, 15) is 14.7 Å². The van der Waals surface area contributed by atoms with Crippen molar-refractivity contribution in [3.63, 3.8) is 0 Å². The summed E-state index contributed by atoms with van der Waals surface area (Å²) in [5, 5.41) is 13.5. The number of hydrogen-bond acceptors (Lipinski definition) is 3. The van der Waals surface area contributed by atoms with Crippen LogP contribution in [0.5, 0.6) is 0 Å². The molecule has 4 heteroatoms. The summed E-state index contributed by atoms with van der Waals surface area (Å²) in [5.41, 5.74) is 0.679. The zero-order chi connectivity index (χ0) is 21.4. The van der Waals surface area contributed by atoms with E-state index < -0.39 is 11.5 Å². The van der Waals surface area contributed by atoms with Gasteiger partial charge in [-0.1, -0.05) is 84.9 Å². The highest BCUT2D eigenvalue weighted by Gasteiger charge is 2.50. The molecular formula is C27H21NO3. The van der Waals surface area contributed by atoms with Gasteiger partial charge in [-0.25, -0.2) is 0 Å². The van der Waals surface area contributed by atoms with E-state index in [-0.39, 0.29) is 12.2 Å². The van der Waals surface area contributed by atoms with Gasteiger partial charge in [-0.15, -0.1) is 0 Å².